The second kappa shape index (κ2) is 13.9. The molecule has 4 rings (SSSR count). The Kier molecular flexibility index (Phi) is 10.9. The van der Waals surface area contributed by atoms with Gasteiger partial charge in [0.15, 0.2) is 6.29 Å². The number of fused-ring (bicyclic) bond motifs is 1. The van der Waals surface area contributed by atoms with E-state index in [0.29, 0.717) is 5.69 Å². The summed E-state index contributed by atoms with van der Waals surface area (Å²) in [6.45, 7) is 5.49. The highest BCUT2D eigenvalue weighted by Crippen LogP contribution is 2.30. The Morgan fingerprint density at radius 2 is 1.66 bits per heavy atom. The molecule has 2 fully saturated rings. The topological polar surface area (TPSA) is 151 Å². The molecule has 38 heavy (non-hydrogen) atoms. The molecule has 1 amide bonds. The molecule has 210 valence electrons. The van der Waals surface area contributed by atoms with E-state index in [2.05, 4.69) is 5.32 Å². The molecule has 2 aromatic carbocycles. The molecule has 5 N–H and O–H groups in total. The number of benzene rings is 2. The summed E-state index contributed by atoms with van der Waals surface area (Å²) in [4.78, 5) is 11.3. The number of nitrogens with two attached hydrogens (primary N) is 1. The SMILES string of the molecule is C1CC2CCOC2O1.CC(C)CN(CC(O)C(Cc1ccccc1)NC(=O)O)S(=O)(=O)c1ccc(N)cc1. The van der Waals surface area contributed by atoms with Gasteiger partial charge in [0.05, 0.1) is 30.3 Å². The molecule has 2 heterocycles. The quantitative estimate of drug-likeness (QED) is 0.330. The number of hydrogen-bond acceptors (Lipinski definition) is 7. The van der Waals surface area contributed by atoms with Gasteiger partial charge < -0.3 is 30.7 Å². The number of nitrogen functional groups attached to an aromatic ring is 1. The van der Waals surface area contributed by atoms with Crippen LogP contribution in [0.5, 0.6) is 0 Å². The molecule has 2 atom stereocenters. The first-order valence-corrected chi connectivity index (χ1v) is 14.3. The van der Waals surface area contributed by atoms with Crippen LogP contribution < -0.4 is 11.1 Å². The molecular weight excluding hydrogens is 510 g/mol. The number of carbonyl (C=O) groups is 1. The van der Waals surface area contributed by atoms with Gasteiger partial charge in [-0.2, -0.15) is 4.31 Å². The summed E-state index contributed by atoms with van der Waals surface area (Å²) < 4.78 is 38.0. The first-order chi connectivity index (χ1) is 18.1. The second-order valence-corrected chi connectivity index (χ2v) is 12.0. The molecule has 2 aliphatic heterocycles. The molecule has 0 saturated carbocycles. The summed E-state index contributed by atoms with van der Waals surface area (Å²) in [7, 11) is -3.90. The van der Waals surface area contributed by atoms with E-state index in [9.17, 15) is 23.4 Å². The smallest absolute Gasteiger partial charge is 0.404 e. The zero-order chi connectivity index (χ0) is 27.7. The third-order valence-corrected chi connectivity index (χ3v) is 8.32. The van der Waals surface area contributed by atoms with Crippen LogP contribution >= 0.6 is 0 Å². The van der Waals surface area contributed by atoms with Crippen LogP contribution in [-0.2, 0) is 25.9 Å². The summed E-state index contributed by atoms with van der Waals surface area (Å²) >= 11 is 0. The summed E-state index contributed by atoms with van der Waals surface area (Å²) in [5.41, 5.74) is 6.92. The van der Waals surface area contributed by atoms with Gasteiger partial charge in [0.25, 0.3) is 0 Å². The van der Waals surface area contributed by atoms with Gasteiger partial charge in [0.2, 0.25) is 10.0 Å². The molecule has 0 bridgehead atoms. The van der Waals surface area contributed by atoms with Crippen LogP contribution in [0, 0.1) is 11.8 Å². The van der Waals surface area contributed by atoms with Gasteiger partial charge in [-0.25, -0.2) is 13.2 Å². The molecule has 2 unspecified atom stereocenters. The molecule has 0 aliphatic carbocycles. The standard InChI is InChI=1S/C21H29N3O5S.C6H10O2/c1-15(2)13-24(30(28,29)18-10-8-17(22)9-11-18)14-20(25)19(23-21(26)27)12-16-6-4-3-5-7-16;1-3-7-6-5(1)2-4-8-6/h3-11,15,19-20,23,25H,12-14,22H2,1-2H3,(H,26,27);5-6H,1-4H2. The summed E-state index contributed by atoms with van der Waals surface area (Å²) in [5.74, 6) is 0.732. The molecule has 0 spiro atoms. The molecule has 2 aliphatic rings. The van der Waals surface area contributed by atoms with Gasteiger partial charge >= 0.3 is 6.09 Å². The van der Waals surface area contributed by atoms with E-state index in [-0.39, 0.29) is 36.6 Å². The van der Waals surface area contributed by atoms with E-state index >= 15 is 0 Å². The maximum absolute atomic E-state index is 13.2. The minimum Gasteiger partial charge on any atom is -0.465 e. The molecule has 0 aromatic heterocycles. The van der Waals surface area contributed by atoms with Crippen molar-refractivity contribution in [3.63, 3.8) is 0 Å². The molecule has 11 heteroatoms. The Bertz CT molecular complexity index is 1090. The highest BCUT2D eigenvalue weighted by Gasteiger charge is 2.33. The fourth-order valence-corrected chi connectivity index (χ4v) is 6.14. The van der Waals surface area contributed by atoms with Crippen molar-refractivity contribution in [3.8, 4) is 0 Å². The van der Waals surface area contributed by atoms with E-state index in [1.165, 1.54) is 41.4 Å². The van der Waals surface area contributed by atoms with Gasteiger partial charge in [-0.05, 0) is 55.0 Å². The normalized spacial score (nSPS) is 20.4. The van der Waals surface area contributed by atoms with E-state index in [1.807, 2.05) is 44.2 Å². The van der Waals surface area contributed by atoms with Crippen LogP contribution in [0.3, 0.4) is 0 Å². The Hall–Kier alpha value is -2.70. The minimum absolute atomic E-state index is 0.000706. The lowest BCUT2D eigenvalue weighted by Gasteiger charge is -2.30. The number of carboxylic acid groups (broad SMARTS) is 1. The van der Waals surface area contributed by atoms with Crippen molar-refractivity contribution in [2.75, 3.05) is 32.0 Å². The Labute approximate surface area is 224 Å². The highest BCUT2D eigenvalue weighted by atomic mass is 32.2. The van der Waals surface area contributed by atoms with Crippen LogP contribution in [0.2, 0.25) is 0 Å². The summed E-state index contributed by atoms with van der Waals surface area (Å²) in [6, 6.07) is 14.1. The van der Waals surface area contributed by atoms with E-state index in [4.69, 9.17) is 15.2 Å². The van der Waals surface area contributed by atoms with Gasteiger partial charge in [-0.3, -0.25) is 0 Å². The van der Waals surface area contributed by atoms with E-state index in [0.717, 1.165) is 24.7 Å². The van der Waals surface area contributed by atoms with E-state index < -0.39 is 28.3 Å². The van der Waals surface area contributed by atoms with Crippen molar-refractivity contribution < 1.29 is 32.9 Å². The fraction of sp³-hybridized carbons (Fsp3) is 0.519. The van der Waals surface area contributed by atoms with Gasteiger partial charge in [0.1, 0.15) is 0 Å². The predicted octanol–water partition coefficient (Wildman–Crippen LogP) is 2.92. The Balaban J connectivity index is 0.000000417. The molecular formula is C27H39N3O7S. The first-order valence-electron chi connectivity index (χ1n) is 12.9. The lowest BCUT2D eigenvalue weighted by atomic mass is 10.0. The number of nitrogens with one attached hydrogen (secondary N) is 1. The first kappa shape index (κ1) is 29.9. The maximum Gasteiger partial charge on any atom is 0.404 e. The maximum atomic E-state index is 13.2. The minimum atomic E-state index is -3.90. The van der Waals surface area contributed by atoms with Crippen molar-refractivity contribution >= 4 is 21.8 Å². The Morgan fingerprint density at radius 3 is 2.18 bits per heavy atom. The average molecular weight is 550 g/mol. The van der Waals surface area contributed by atoms with E-state index in [1.54, 1.807) is 0 Å². The summed E-state index contributed by atoms with van der Waals surface area (Å²) in [6.07, 6.45) is 0.298. The monoisotopic (exact) mass is 549 g/mol. The van der Waals surface area contributed by atoms with Crippen molar-refractivity contribution in [1.82, 2.24) is 9.62 Å². The van der Waals surface area contributed by atoms with Crippen molar-refractivity contribution in [2.45, 2.75) is 56.4 Å². The number of ether oxygens (including phenoxy) is 2. The van der Waals surface area contributed by atoms with Crippen LogP contribution in [0.25, 0.3) is 0 Å². The van der Waals surface area contributed by atoms with Crippen molar-refractivity contribution in [1.29, 1.82) is 0 Å². The van der Waals surface area contributed by atoms with Gasteiger partial charge in [-0.15, -0.1) is 0 Å². The number of rotatable bonds is 10. The number of hydrogen-bond donors (Lipinski definition) is 4. The highest BCUT2D eigenvalue weighted by molar-refractivity contribution is 7.89. The lowest BCUT2D eigenvalue weighted by molar-refractivity contribution is -0.0904. The number of anilines is 1. The van der Waals surface area contributed by atoms with Gasteiger partial charge in [0, 0.05) is 24.7 Å². The van der Waals surface area contributed by atoms with Crippen LogP contribution in [0.1, 0.15) is 32.3 Å². The molecule has 2 aromatic rings. The molecule has 2 saturated heterocycles. The number of aliphatic hydroxyl groups excluding tert-OH is 1. The fourth-order valence-electron chi connectivity index (χ4n) is 4.52. The zero-order valence-corrected chi connectivity index (χ0v) is 22.7. The summed E-state index contributed by atoms with van der Waals surface area (Å²) in [5, 5.41) is 22.3. The van der Waals surface area contributed by atoms with Crippen LogP contribution in [-0.4, -0.2) is 73.8 Å². The van der Waals surface area contributed by atoms with Gasteiger partial charge in [-0.1, -0.05) is 44.2 Å². The second-order valence-electron chi connectivity index (χ2n) is 10.0. The lowest BCUT2D eigenvalue weighted by Crippen LogP contribution is -2.50. The van der Waals surface area contributed by atoms with Crippen molar-refractivity contribution in [2.24, 2.45) is 11.8 Å². The number of aliphatic hydroxyl groups is 1. The Morgan fingerprint density at radius 1 is 1.05 bits per heavy atom. The molecule has 10 nitrogen and oxygen atoms in total. The zero-order valence-electron chi connectivity index (χ0n) is 21.9. The van der Waals surface area contributed by atoms with Crippen LogP contribution in [0.4, 0.5) is 10.5 Å². The van der Waals surface area contributed by atoms with Crippen LogP contribution in [0.15, 0.2) is 59.5 Å². The number of sulfonamides is 1. The average Bonchev–Trinajstić information content (AvgIpc) is 3.50. The number of amides is 1. The largest absolute Gasteiger partial charge is 0.465 e. The third-order valence-electron chi connectivity index (χ3n) is 6.48. The third kappa shape index (κ3) is 8.67. The molecule has 0 radical (unpaired) electrons. The number of nitrogens with zero attached hydrogens (tertiary/aromatic N) is 1. The van der Waals surface area contributed by atoms with Crippen molar-refractivity contribution in [3.05, 3.63) is 60.2 Å². The predicted molar refractivity (Wildman–Crippen MR) is 144 cm³/mol.